The highest BCUT2D eigenvalue weighted by molar-refractivity contribution is 5.20. The molecule has 2 saturated heterocycles. The maximum absolute atomic E-state index is 12.4. The second kappa shape index (κ2) is 15.1. The molecule has 6 fully saturated rings. The van der Waals surface area contributed by atoms with E-state index in [2.05, 4.69) is 40.7 Å². The van der Waals surface area contributed by atoms with E-state index in [0.29, 0.717) is 31.1 Å². The van der Waals surface area contributed by atoms with Crippen LogP contribution in [0.25, 0.3) is 0 Å². The molecule has 2 aliphatic heterocycles. The smallest absolute Gasteiger partial charge is 0.187 e. The van der Waals surface area contributed by atoms with E-state index < -0.39 is 73.1 Å². The van der Waals surface area contributed by atoms with Gasteiger partial charge in [0.15, 0.2) is 12.6 Å². The van der Waals surface area contributed by atoms with Gasteiger partial charge >= 0.3 is 0 Å². The molecule has 0 spiro atoms. The molecule has 2 heterocycles. The zero-order valence-electron chi connectivity index (χ0n) is 34.1. The summed E-state index contributed by atoms with van der Waals surface area (Å²) in [7, 11) is 0. The lowest BCUT2D eigenvalue weighted by molar-refractivity contribution is -0.348. The van der Waals surface area contributed by atoms with Gasteiger partial charge in [0, 0.05) is 0 Å². The van der Waals surface area contributed by atoms with Gasteiger partial charge in [-0.1, -0.05) is 46.3 Å². The first-order chi connectivity index (χ1) is 25.0. The standard InChI is InChI=1S/C42H72O12/c1-21(2)11-10-15-42(9,54-37-35(50)33(48)31(46)25(53-37)20-51-36-34(49)32(47)30(45)22(3)52-36)23-12-17-41(8)29(23)24(43)19-27-39(6)16-14-28(44)38(4,5)26(39)13-18-40(27,41)7/h11,22-37,43-50H,10,12-20H2,1-9H3/t22-,23?,24?,25+,26?,27?,28?,29?,30-,31+,32+,33-,34+,35+,36+,37-,39?,40?,41?,42?/m0/s1. The third-order valence-corrected chi connectivity index (χ3v) is 16.6. The molecule has 12 heteroatoms. The van der Waals surface area contributed by atoms with Crippen molar-refractivity contribution in [2.75, 3.05) is 6.61 Å². The maximum atomic E-state index is 12.4. The van der Waals surface area contributed by atoms with Crippen LogP contribution in [0.1, 0.15) is 120 Å². The fourth-order valence-electron chi connectivity index (χ4n) is 13.2. The van der Waals surface area contributed by atoms with E-state index >= 15 is 0 Å². The number of rotatable bonds is 9. The van der Waals surface area contributed by atoms with Crippen LogP contribution in [0.4, 0.5) is 0 Å². The van der Waals surface area contributed by atoms with Gasteiger partial charge in [-0.15, -0.1) is 0 Å². The number of fused-ring (bicyclic) bond motifs is 5. The third kappa shape index (κ3) is 6.87. The molecule has 6 aliphatic rings. The number of aliphatic hydroxyl groups is 8. The Morgan fingerprint density at radius 2 is 1.37 bits per heavy atom. The predicted octanol–water partition coefficient (Wildman–Crippen LogP) is 3.18. The number of ether oxygens (including phenoxy) is 4. The first-order valence-electron chi connectivity index (χ1n) is 20.7. The zero-order chi connectivity index (χ0) is 39.9. The Kier molecular flexibility index (Phi) is 12.0. The molecular weight excluding hydrogens is 696 g/mol. The van der Waals surface area contributed by atoms with Crippen molar-refractivity contribution in [1.82, 2.24) is 0 Å². The van der Waals surface area contributed by atoms with Gasteiger partial charge in [-0.2, -0.15) is 0 Å². The van der Waals surface area contributed by atoms with Gasteiger partial charge in [0.05, 0.1) is 30.5 Å². The van der Waals surface area contributed by atoms with Gasteiger partial charge in [0.25, 0.3) is 0 Å². The second-order valence-electron chi connectivity index (χ2n) is 20.1. The van der Waals surface area contributed by atoms with Gasteiger partial charge in [-0.05, 0) is 131 Å². The molecule has 312 valence electrons. The number of hydrogen-bond acceptors (Lipinski definition) is 12. The van der Waals surface area contributed by atoms with Gasteiger partial charge in [0.2, 0.25) is 0 Å². The minimum absolute atomic E-state index is 0.00519. The average Bonchev–Trinajstić information content (AvgIpc) is 3.49. The lowest BCUT2D eigenvalue weighted by Crippen LogP contribution is -2.67. The molecule has 0 amide bonds. The Balaban J connectivity index is 1.26. The summed E-state index contributed by atoms with van der Waals surface area (Å²) in [6.07, 6.45) is -5.15. The molecule has 4 aliphatic carbocycles. The fraction of sp³-hybridized carbons (Fsp3) is 0.952. The van der Waals surface area contributed by atoms with Crippen molar-refractivity contribution >= 4 is 0 Å². The quantitative estimate of drug-likeness (QED) is 0.160. The molecule has 0 aromatic heterocycles. The number of aliphatic hydroxyl groups excluding tert-OH is 8. The van der Waals surface area contributed by atoms with Crippen molar-refractivity contribution in [2.45, 2.75) is 199 Å². The summed E-state index contributed by atoms with van der Waals surface area (Å²) < 4.78 is 24.4. The van der Waals surface area contributed by atoms with Gasteiger partial charge in [-0.25, -0.2) is 0 Å². The number of hydrogen-bond donors (Lipinski definition) is 8. The van der Waals surface area contributed by atoms with Crippen molar-refractivity contribution in [3.8, 4) is 0 Å². The van der Waals surface area contributed by atoms with Crippen LogP contribution in [0.2, 0.25) is 0 Å². The molecule has 0 radical (unpaired) electrons. The van der Waals surface area contributed by atoms with Crippen LogP contribution in [0.15, 0.2) is 11.6 Å². The number of allylic oxidation sites excluding steroid dienone is 2. The maximum Gasteiger partial charge on any atom is 0.187 e. The molecule has 8 N–H and O–H groups in total. The summed E-state index contributed by atoms with van der Waals surface area (Å²) in [5.74, 6) is 0.460. The minimum atomic E-state index is -1.63. The van der Waals surface area contributed by atoms with Crippen LogP contribution in [-0.4, -0.2) is 127 Å². The molecule has 20 atom stereocenters. The fourth-order valence-corrected chi connectivity index (χ4v) is 13.2. The van der Waals surface area contributed by atoms with E-state index in [1.807, 2.05) is 20.8 Å². The monoisotopic (exact) mass is 769 g/mol. The van der Waals surface area contributed by atoms with E-state index in [0.717, 1.165) is 44.1 Å². The van der Waals surface area contributed by atoms with Gasteiger partial charge in [-0.3, -0.25) is 0 Å². The average molecular weight is 769 g/mol. The normalized spacial score (nSPS) is 52.8. The largest absolute Gasteiger partial charge is 0.393 e. The second-order valence-corrected chi connectivity index (χ2v) is 20.1. The molecule has 0 aromatic carbocycles. The summed E-state index contributed by atoms with van der Waals surface area (Å²) in [6, 6.07) is 0. The predicted molar refractivity (Wildman–Crippen MR) is 200 cm³/mol. The highest BCUT2D eigenvalue weighted by Gasteiger charge is 2.71. The van der Waals surface area contributed by atoms with Gasteiger partial charge in [0.1, 0.15) is 42.7 Å². The van der Waals surface area contributed by atoms with Crippen molar-refractivity contribution in [1.29, 1.82) is 0 Å². The van der Waals surface area contributed by atoms with Crippen LogP contribution in [0.5, 0.6) is 0 Å². The van der Waals surface area contributed by atoms with E-state index in [-0.39, 0.29) is 46.2 Å². The Morgan fingerprint density at radius 1 is 0.741 bits per heavy atom. The lowest BCUT2D eigenvalue weighted by Gasteiger charge is -2.70. The topological polar surface area (TPSA) is 199 Å². The van der Waals surface area contributed by atoms with E-state index in [1.54, 1.807) is 0 Å². The van der Waals surface area contributed by atoms with Crippen LogP contribution in [0.3, 0.4) is 0 Å². The Morgan fingerprint density at radius 3 is 2.04 bits per heavy atom. The molecule has 12 nitrogen and oxygen atoms in total. The van der Waals surface area contributed by atoms with Crippen LogP contribution < -0.4 is 0 Å². The zero-order valence-corrected chi connectivity index (χ0v) is 34.1. The Bertz CT molecular complexity index is 1360. The molecular formula is C42H72O12. The third-order valence-electron chi connectivity index (χ3n) is 16.6. The van der Waals surface area contributed by atoms with Crippen LogP contribution >= 0.6 is 0 Å². The van der Waals surface area contributed by atoms with E-state index in [4.69, 9.17) is 18.9 Å². The highest BCUT2D eigenvalue weighted by atomic mass is 16.7. The van der Waals surface area contributed by atoms with Crippen LogP contribution in [-0.2, 0) is 18.9 Å². The summed E-state index contributed by atoms with van der Waals surface area (Å²) in [4.78, 5) is 0. The van der Waals surface area contributed by atoms with E-state index in [9.17, 15) is 40.9 Å². The van der Waals surface area contributed by atoms with Crippen molar-refractivity contribution < 1.29 is 59.8 Å². The first-order valence-corrected chi connectivity index (χ1v) is 20.7. The SMILES string of the molecule is CC(C)=CCCC(C)(O[C@@H]1O[C@H](CO[C@@H]2O[C@@H](C)[C@H](O)[C@@H](O)[C@H]2O)[C@@H](O)[C@H](O)[C@H]1O)C1CCC2(C)C1C(O)CC1C3(C)CCC(O)C(C)(C)C3CCC12C. The van der Waals surface area contributed by atoms with E-state index in [1.165, 1.54) is 6.92 Å². The summed E-state index contributed by atoms with van der Waals surface area (Å²) in [5, 5.41) is 87.7. The Hall–Kier alpha value is -0.740. The summed E-state index contributed by atoms with van der Waals surface area (Å²) in [6.45, 7) is 19.0. The summed E-state index contributed by atoms with van der Waals surface area (Å²) >= 11 is 0. The van der Waals surface area contributed by atoms with Crippen LogP contribution in [0, 0.1) is 45.3 Å². The molecule has 0 aromatic rings. The molecule has 4 saturated carbocycles. The molecule has 0 bridgehead atoms. The molecule has 6 rings (SSSR count). The Labute approximate surface area is 322 Å². The lowest BCUT2D eigenvalue weighted by atomic mass is 9.35. The van der Waals surface area contributed by atoms with Crippen molar-refractivity contribution in [2.24, 2.45) is 45.3 Å². The summed E-state index contributed by atoms with van der Waals surface area (Å²) in [5.41, 5.74) is -0.199. The van der Waals surface area contributed by atoms with Gasteiger partial charge < -0.3 is 59.8 Å². The highest BCUT2D eigenvalue weighted by Crippen LogP contribution is 2.76. The molecule has 10 unspecified atom stereocenters. The first kappa shape index (κ1) is 42.9. The van der Waals surface area contributed by atoms with Crippen molar-refractivity contribution in [3.05, 3.63) is 11.6 Å². The van der Waals surface area contributed by atoms with Crippen molar-refractivity contribution in [3.63, 3.8) is 0 Å². The molecule has 54 heavy (non-hydrogen) atoms. The minimum Gasteiger partial charge on any atom is -0.393 e.